The van der Waals surface area contributed by atoms with Crippen molar-refractivity contribution in [2.24, 2.45) is 0 Å². The van der Waals surface area contributed by atoms with E-state index in [1.54, 1.807) is 6.20 Å². The largest absolute Gasteiger partial charge is 0.390 e. The molecule has 3 rings (SSSR count). The minimum atomic E-state index is -0.0115. The average molecular weight is 254 g/mol. The molecule has 0 amide bonds. The molecule has 2 aromatic rings. The van der Waals surface area contributed by atoms with Gasteiger partial charge in [-0.05, 0) is 43.5 Å². The Morgan fingerprint density at radius 3 is 3.00 bits per heavy atom. The minimum absolute atomic E-state index is 0.0115. The van der Waals surface area contributed by atoms with E-state index in [1.165, 1.54) is 16.8 Å². The molecule has 1 aromatic heterocycles. The van der Waals surface area contributed by atoms with Gasteiger partial charge >= 0.3 is 0 Å². The number of aliphatic hydroxyl groups excluding tert-OH is 1. The molecule has 1 aliphatic heterocycles. The summed E-state index contributed by atoms with van der Waals surface area (Å²) in [6, 6.07) is 10.6. The van der Waals surface area contributed by atoms with Gasteiger partial charge in [-0.3, -0.25) is 4.98 Å². The molecule has 2 heterocycles. The normalized spacial score (nSPS) is 14.3. The third-order valence-electron chi connectivity index (χ3n) is 3.63. The van der Waals surface area contributed by atoms with E-state index in [9.17, 15) is 5.11 Å². The number of rotatable bonds is 2. The molecule has 3 nitrogen and oxygen atoms in total. The zero-order valence-electron chi connectivity index (χ0n) is 11.1. The van der Waals surface area contributed by atoms with Crippen LogP contribution in [0, 0.1) is 6.92 Å². The van der Waals surface area contributed by atoms with Crippen LogP contribution >= 0.6 is 0 Å². The van der Waals surface area contributed by atoms with Gasteiger partial charge in [0.25, 0.3) is 0 Å². The summed E-state index contributed by atoms with van der Waals surface area (Å²) in [5, 5.41) is 9.21. The minimum Gasteiger partial charge on any atom is -0.390 e. The number of fused-ring (bicyclic) bond motifs is 1. The van der Waals surface area contributed by atoms with Crippen molar-refractivity contribution in [1.82, 2.24) is 4.98 Å². The fraction of sp³-hybridized carbons (Fsp3) is 0.312. The maximum Gasteiger partial charge on any atom is 0.0853 e. The van der Waals surface area contributed by atoms with Crippen LogP contribution in [0.25, 0.3) is 0 Å². The highest BCUT2D eigenvalue weighted by Crippen LogP contribution is 2.33. The summed E-state index contributed by atoms with van der Waals surface area (Å²) in [6.07, 6.45) is 4.07. The summed E-state index contributed by atoms with van der Waals surface area (Å²) in [6.45, 7) is 3.14. The maximum absolute atomic E-state index is 9.21. The highest BCUT2D eigenvalue weighted by Gasteiger charge is 2.18. The van der Waals surface area contributed by atoms with E-state index >= 15 is 0 Å². The Labute approximate surface area is 113 Å². The van der Waals surface area contributed by atoms with Gasteiger partial charge in [-0.1, -0.05) is 17.7 Å². The van der Waals surface area contributed by atoms with E-state index in [1.807, 2.05) is 12.1 Å². The molecule has 0 radical (unpaired) electrons. The lowest BCUT2D eigenvalue weighted by molar-refractivity contribution is 0.277. The van der Waals surface area contributed by atoms with Crippen LogP contribution in [0.3, 0.4) is 0 Å². The van der Waals surface area contributed by atoms with Crippen molar-refractivity contribution in [3.63, 3.8) is 0 Å². The summed E-state index contributed by atoms with van der Waals surface area (Å²) in [5.74, 6) is 0. The molecule has 0 fully saturated rings. The van der Waals surface area contributed by atoms with Gasteiger partial charge < -0.3 is 10.0 Å². The Morgan fingerprint density at radius 2 is 2.16 bits per heavy atom. The summed E-state index contributed by atoms with van der Waals surface area (Å²) in [7, 11) is 0. The molecule has 0 bridgehead atoms. The van der Waals surface area contributed by atoms with Gasteiger partial charge in [0.15, 0.2) is 0 Å². The monoisotopic (exact) mass is 254 g/mol. The van der Waals surface area contributed by atoms with Crippen LogP contribution in [0.5, 0.6) is 0 Å². The first-order valence-corrected chi connectivity index (χ1v) is 6.71. The van der Waals surface area contributed by atoms with Gasteiger partial charge in [-0.15, -0.1) is 0 Å². The third-order valence-corrected chi connectivity index (χ3v) is 3.63. The Balaban J connectivity index is 2.03. The molecule has 1 N–H and O–H groups in total. The molecule has 0 unspecified atom stereocenters. The van der Waals surface area contributed by atoms with Crippen molar-refractivity contribution < 1.29 is 5.11 Å². The third kappa shape index (κ3) is 2.34. The van der Waals surface area contributed by atoms with Crippen LogP contribution in [0.4, 0.5) is 11.4 Å². The summed E-state index contributed by atoms with van der Waals surface area (Å²) >= 11 is 0. The van der Waals surface area contributed by atoms with Crippen LogP contribution in [0.1, 0.15) is 23.2 Å². The molecule has 0 atom stereocenters. The second-order valence-corrected chi connectivity index (χ2v) is 5.05. The fourth-order valence-corrected chi connectivity index (χ4v) is 2.71. The highest BCUT2D eigenvalue weighted by molar-refractivity contribution is 5.68. The number of aryl methyl sites for hydroxylation is 2. The Hall–Kier alpha value is -1.87. The lowest BCUT2D eigenvalue weighted by Gasteiger charge is -2.31. The first kappa shape index (κ1) is 12.2. The predicted molar refractivity (Wildman–Crippen MR) is 76.7 cm³/mol. The number of aliphatic hydroxyl groups is 1. The number of nitrogens with zero attached hydrogens (tertiary/aromatic N) is 2. The smallest absolute Gasteiger partial charge is 0.0853 e. The molecule has 0 spiro atoms. The van der Waals surface area contributed by atoms with Crippen LogP contribution in [0.2, 0.25) is 0 Å². The van der Waals surface area contributed by atoms with E-state index in [4.69, 9.17) is 0 Å². The lowest BCUT2D eigenvalue weighted by atomic mass is 9.99. The van der Waals surface area contributed by atoms with Gasteiger partial charge in [0.05, 0.1) is 12.3 Å². The van der Waals surface area contributed by atoms with Gasteiger partial charge in [-0.2, -0.15) is 0 Å². The zero-order valence-corrected chi connectivity index (χ0v) is 11.1. The van der Waals surface area contributed by atoms with Gasteiger partial charge in [0.2, 0.25) is 0 Å². The van der Waals surface area contributed by atoms with E-state index in [-0.39, 0.29) is 6.61 Å². The molecule has 19 heavy (non-hydrogen) atoms. The number of hydrogen-bond acceptors (Lipinski definition) is 3. The first-order chi connectivity index (χ1) is 9.28. The molecule has 98 valence electrons. The van der Waals surface area contributed by atoms with Crippen molar-refractivity contribution in [2.45, 2.75) is 26.4 Å². The van der Waals surface area contributed by atoms with Crippen LogP contribution in [-0.2, 0) is 13.0 Å². The topological polar surface area (TPSA) is 36.4 Å². The molecule has 0 saturated carbocycles. The zero-order chi connectivity index (χ0) is 13.2. The van der Waals surface area contributed by atoms with Crippen molar-refractivity contribution >= 4 is 11.4 Å². The number of anilines is 2. The van der Waals surface area contributed by atoms with E-state index in [0.29, 0.717) is 0 Å². The first-order valence-electron chi connectivity index (χ1n) is 6.71. The van der Waals surface area contributed by atoms with Crippen LogP contribution in [-0.4, -0.2) is 16.6 Å². The standard InChI is InChI=1S/C16H18N2O/c1-12-4-5-16-13(9-12)3-2-8-18(16)15-6-7-17-14(10-15)11-19/h4-7,9-10,19H,2-3,8,11H2,1H3. The maximum atomic E-state index is 9.21. The number of pyridine rings is 1. The molecular weight excluding hydrogens is 236 g/mol. The van der Waals surface area contributed by atoms with Crippen molar-refractivity contribution in [1.29, 1.82) is 0 Å². The molecule has 3 heteroatoms. The average Bonchev–Trinajstić information content (AvgIpc) is 2.46. The van der Waals surface area contributed by atoms with Crippen LogP contribution in [0.15, 0.2) is 36.5 Å². The van der Waals surface area contributed by atoms with Gasteiger partial charge in [0, 0.05) is 24.1 Å². The molecule has 1 aliphatic rings. The molecule has 1 aromatic carbocycles. The van der Waals surface area contributed by atoms with Crippen LogP contribution < -0.4 is 4.90 Å². The van der Waals surface area contributed by atoms with E-state index in [2.05, 4.69) is 35.0 Å². The lowest BCUT2D eigenvalue weighted by Crippen LogP contribution is -2.24. The molecule has 0 saturated heterocycles. The summed E-state index contributed by atoms with van der Waals surface area (Å²) in [4.78, 5) is 6.46. The highest BCUT2D eigenvalue weighted by atomic mass is 16.3. The predicted octanol–water partition coefficient (Wildman–Crippen LogP) is 2.97. The van der Waals surface area contributed by atoms with Gasteiger partial charge in [0.1, 0.15) is 0 Å². The Kier molecular flexibility index (Phi) is 3.22. The number of aromatic nitrogens is 1. The van der Waals surface area contributed by atoms with Crippen molar-refractivity contribution in [3.8, 4) is 0 Å². The second-order valence-electron chi connectivity index (χ2n) is 5.05. The van der Waals surface area contributed by atoms with Crippen molar-refractivity contribution in [2.75, 3.05) is 11.4 Å². The summed E-state index contributed by atoms with van der Waals surface area (Å²) < 4.78 is 0. The van der Waals surface area contributed by atoms with Crippen molar-refractivity contribution in [3.05, 3.63) is 53.3 Å². The second kappa shape index (κ2) is 5.02. The number of hydrogen-bond donors (Lipinski definition) is 1. The number of benzene rings is 1. The Morgan fingerprint density at radius 1 is 1.26 bits per heavy atom. The quantitative estimate of drug-likeness (QED) is 0.895. The fourth-order valence-electron chi connectivity index (χ4n) is 2.71. The SMILES string of the molecule is Cc1ccc2c(c1)CCCN2c1ccnc(CO)c1. The molecule has 0 aliphatic carbocycles. The molecular formula is C16H18N2O. The van der Waals surface area contributed by atoms with Gasteiger partial charge in [-0.25, -0.2) is 0 Å². The van der Waals surface area contributed by atoms with E-state index < -0.39 is 0 Å². The summed E-state index contributed by atoms with van der Waals surface area (Å²) in [5.41, 5.74) is 5.84. The Bertz CT molecular complexity index is 595. The van der Waals surface area contributed by atoms with E-state index in [0.717, 1.165) is 30.8 Å².